The summed E-state index contributed by atoms with van der Waals surface area (Å²) in [4.78, 5) is 0. The second kappa shape index (κ2) is 6.48. The molecule has 0 spiro atoms. The summed E-state index contributed by atoms with van der Waals surface area (Å²) in [6.07, 6.45) is 0.950. The summed E-state index contributed by atoms with van der Waals surface area (Å²) in [7, 11) is -1.54. The van der Waals surface area contributed by atoms with Gasteiger partial charge in [-0.2, -0.15) is 11.8 Å². The molecule has 1 atom stereocenters. The van der Waals surface area contributed by atoms with Crippen molar-refractivity contribution in [3.8, 4) is 0 Å². The Kier molecular flexibility index (Phi) is 5.17. The van der Waals surface area contributed by atoms with Crippen molar-refractivity contribution in [3.63, 3.8) is 0 Å². The first-order chi connectivity index (χ1) is 9.03. The lowest BCUT2D eigenvalue weighted by molar-refractivity contribution is 0.394. The van der Waals surface area contributed by atoms with Crippen LogP contribution in [0.25, 0.3) is 0 Å². The summed E-state index contributed by atoms with van der Waals surface area (Å²) < 4.78 is 26.2. The fourth-order valence-corrected chi connectivity index (χ4v) is 5.06. The maximum atomic E-state index is 12.3. The Bertz CT molecular complexity index is 510. The average Bonchev–Trinajstić information content (AvgIpc) is 2.92. The lowest BCUT2D eigenvalue weighted by Gasteiger charge is -2.23. The third kappa shape index (κ3) is 3.88. The number of sulfonamides is 1. The van der Waals surface area contributed by atoms with Gasteiger partial charge in [0.2, 0.25) is 10.0 Å². The minimum Gasteiger partial charge on any atom is -0.212 e. The lowest BCUT2D eigenvalue weighted by atomic mass is 10.2. The molecule has 1 aromatic carbocycles. The Balaban J connectivity index is 2.06. The van der Waals surface area contributed by atoms with Crippen molar-refractivity contribution in [2.24, 2.45) is 0 Å². The first-order valence-electron chi connectivity index (χ1n) is 6.20. The van der Waals surface area contributed by atoms with E-state index in [0.29, 0.717) is 5.88 Å². The lowest BCUT2D eigenvalue weighted by Crippen LogP contribution is -2.37. The summed E-state index contributed by atoms with van der Waals surface area (Å²) in [5, 5.41) is 0. The van der Waals surface area contributed by atoms with Crippen LogP contribution in [0, 0.1) is 0 Å². The van der Waals surface area contributed by atoms with E-state index in [4.69, 9.17) is 11.6 Å². The summed E-state index contributed by atoms with van der Waals surface area (Å²) in [6.45, 7) is 0. The van der Waals surface area contributed by atoms with E-state index in [1.807, 2.05) is 36.0 Å². The van der Waals surface area contributed by atoms with Crippen molar-refractivity contribution in [2.75, 3.05) is 18.6 Å². The Hall–Kier alpha value is -0.230. The molecule has 0 aliphatic carbocycles. The van der Waals surface area contributed by atoms with Crippen molar-refractivity contribution in [3.05, 3.63) is 35.4 Å². The molecule has 3 nitrogen and oxygen atoms in total. The molecule has 1 aliphatic rings. The van der Waals surface area contributed by atoms with Crippen molar-refractivity contribution in [1.29, 1.82) is 0 Å². The van der Waals surface area contributed by atoms with Gasteiger partial charge in [0.15, 0.2) is 0 Å². The summed E-state index contributed by atoms with van der Waals surface area (Å²) >= 11 is 7.54. The average molecular weight is 320 g/mol. The van der Waals surface area contributed by atoms with E-state index < -0.39 is 10.0 Å². The minimum absolute atomic E-state index is 0.0627. The van der Waals surface area contributed by atoms with E-state index in [2.05, 4.69) is 0 Å². The molecule has 0 N–H and O–H groups in total. The topological polar surface area (TPSA) is 37.4 Å². The van der Waals surface area contributed by atoms with E-state index in [0.717, 1.165) is 29.1 Å². The van der Waals surface area contributed by atoms with Gasteiger partial charge in [-0.1, -0.05) is 24.3 Å². The largest absolute Gasteiger partial charge is 0.218 e. The third-order valence-electron chi connectivity index (χ3n) is 3.38. The second-order valence-corrected chi connectivity index (χ2v) is 8.19. The number of alkyl halides is 1. The number of rotatable bonds is 5. The van der Waals surface area contributed by atoms with E-state index >= 15 is 0 Å². The molecule has 1 aliphatic heterocycles. The van der Waals surface area contributed by atoms with Gasteiger partial charge in [-0.05, 0) is 23.3 Å². The molecule has 0 amide bonds. The van der Waals surface area contributed by atoms with Crippen LogP contribution in [0.15, 0.2) is 24.3 Å². The molecular weight excluding hydrogens is 302 g/mol. The van der Waals surface area contributed by atoms with Crippen LogP contribution in [0.5, 0.6) is 0 Å². The molecule has 1 fully saturated rings. The second-order valence-electron chi connectivity index (χ2n) is 4.74. The van der Waals surface area contributed by atoms with Gasteiger partial charge in [0.05, 0.1) is 5.75 Å². The summed E-state index contributed by atoms with van der Waals surface area (Å²) in [5.41, 5.74) is 1.81. The Morgan fingerprint density at radius 1 is 1.32 bits per heavy atom. The van der Waals surface area contributed by atoms with E-state index in [9.17, 15) is 8.42 Å². The maximum absolute atomic E-state index is 12.3. The highest BCUT2D eigenvalue weighted by Gasteiger charge is 2.28. The van der Waals surface area contributed by atoms with Crippen LogP contribution < -0.4 is 0 Å². The molecule has 1 saturated heterocycles. The van der Waals surface area contributed by atoms with Crippen LogP contribution in [0.2, 0.25) is 0 Å². The zero-order valence-corrected chi connectivity index (χ0v) is 13.3. The Morgan fingerprint density at radius 3 is 2.47 bits per heavy atom. The first kappa shape index (κ1) is 15.2. The van der Waals surface area contributed by atoms with Crippen molar-refractivity contribution < 1.29 is 8.42 Å². The number of thioether (sulfide) groups is 1. The molecule has 0 bridgehead atoms. The first-order valence-corrected chi connectivity index (χ1v) is 9.50. The fraction of sp³-hybridized carbons (Fsp3) is 0.538. The molecule has 0 radical (unpaired) electrons. The molecule has 2 rings (SSSR count). The van der Waals surface area contributed by atoms with Gasteiger partial charge in [0.1, 0.15) is 0 Å². The number of benzene rings is 1. The van der Waals surface area contributed by atoms with Crippen LogP contribution in [0.1, 0.15) is 17.5 Å². The van der Waals surface area contributed by atoms with Crippen molar-refractivity contribution >= 4 is 33.4 Å². The van der Waals surface area contributed by atoms with E-state index in [1.54, 1.807) is 11.4 Å². The molecule has 1 unspecified atom stereocenters. The molecule has 1 heterocycles. The van der Waals surface area contributed by atoms with Crippen LogP contribution >= 0.6 is 23.4 Å². The highest BCUT2D eigenvalue weighted by atomic mass is 35.5. The molecular formula is C13H18ClNO2S2. The van der Waals surface area contributed by atoms with Crippen molar-refractivity contribution in [1.82, 2.24) is 4.31 Å². The van der Waals surface area contributed by atoms with Gasteiger partial charge in [-0.15, -0.1) is 11.6 Å². The molecule has 6 heteroatoms. The standard InChI is InChI=1S/C13H18ClNO2S2/c1-15(13-6-7-18-9-13)19(16,17)10-12-4-2-11(8-14)3-5-12/h2-5,13H,6-10H2,1H3. The molecule has 19 heavy (non-hydrogen) atoms. The number of halogens is 1. The number of hydrogen-bond donors (Lipinski definition) is 0. The highest BCUT2D eigenvalue weighted by Crippen LogP contribution is 2.24. The van der Waals surface area contributed by atoms with Gasteiger partial charge in [-0.3, -0.25) is 0 Å². The predicted molar refractivity (Wildman–Crippen MR) is 82.1 cm³/mol. The van der Waals surface area contributed by atoms with Gasteiger partial charge in [-0.25, -0.2) is 12.7 Å². The van der Waals surface area contributed by atoms with Gasteiger partial charge in [0.25, 0.3) is 0 Å². The smallest absolute Gasteiger partial charge is 0.212 e. The fourth-order valence-electron chi connectivity index (χ4n) is 2.07. The number of hydrogen-bond acceptors (Lipinski definition) is 3. The van der Waals surface area contributed by atoms with Crippen LogP contribution in [-0.2, 0) is 21.7 Å². The van der Waals surface area contributed by atoms with Gasteiger partial charge < -0.3 is 0 Å². The SMILES string of the molecule is CN(C1CCSC1)S(=O)(=O)Cc1ccc(CCl)cc1. The van der Waals surface area contributed by atoms with Crippen LogP contribution in [0.4, 0.5) is 0 Å². The summed E-state index contributed by atoms with van der Waals surface area (Å²) in [6, 6.07) is 7.59. The zero-order chi connectivity index (χ0) is 13.9. The van der Waals surface area contributed by atoms with E-state index in [-0.39, 0.29) is 11.8 Å². The van der Waals surface area contributed by atoms with Crippen molar-refractivity contribution in [2.45, 2.75) is 24.1 Å². The van der Waals surface area contributed by atoms with E-state index in [1.165, 1.54) is 0 Å². The van der Waals surface area contributed by atoms with Crippen LogP contribution in [-0.4, -0.2) is 37.3 Å². The van der Waals surface area contributed by atoms with Gasteiger partial charge >= 0.3 is 0 Å². The predicted octanol–water partition coefficient (Wildman–Crippen LogP) is 2.69. The molecule has 106 valence electrons. The maximum Gasteiger partial charge on any atom is 0.218 e. The molecule has 0 saturated carbocycles. The quantitative estimate of drug-likeness (QED) is 0.783. The number of nitrogens with zero attached hydrogens (tertiary/aromatic N) is 1. The summed E-state index contributed by atoms with van der Waals surface area (Å²) in [5.74, 6) is 2.47. The minimum atomic E-state index is -3.23. The normalized spacial score (nSPS) is 20.1. The Morgan fingerprint density at radius 2 is 1.95 bits per heavy atom. The molecule has 1 aromatic rings. The Labute approximate surface area is 124 Å². The van der Waals surface area contributed by atoms with Crippen LogP contribution in [0.3, 0.4) is 0 Å². The zero-order valence-electron chi connectivity index (χ0n) is 10.9. The molecule has 0 aromatic heterocycles. The monoisotopic (exact) mass is 319 g/mol. The highest BCUT2D eigenvalue weighted by molar-refractivity contribution is 7.99. The van der Waals surface area contributed by atoms with Gasteiger partial charge in [0, 0.05) is 24.7 Å². The third-order valence-corrected chi connectivity index (χ3v) is 6.71.